The Morgan fingerprint density at radius 3 is 2.90 bits per heavy atom. The van der Waals surface area contributed by atoms with E-state index in [4.69, 9.17) is 5.11 Å². The molecular weight excluding hydrogens is 130 g/mol. The summed E-state index contributed by atoms with van der Waals surface area (Å²) in [6, 6.07) is 0. The van der Waals surface area contributed by atoms with Gasteiger partial charge in [-0.1, -0.05) is 0 Å². The minimum atomic E-state index is 0.117. The lowest BCUT2D eigenvalue weighted by molar-refractivity contribution is -0.114. The summed E-state index contributed by atoms with van der Waals surface area (Å²) in [6.07, 6.45) is 3.03. The Morgan fingerprint density at radius 2 is 2.40 bits per heavy atom. The minimum Gasteiger partial charge on any atom is -0.395 e. The number of carbonyl (C=O) groups excluding carboxylic acids is 1. The van der Waals surface area contributed by atoms with E-state index in [9.17, 15) is 4.79 Å². The smallest absolute Gasteiger partial charge is 0.157 e. The fraction of sp³-hybridized carbons (Fsp3) is 0.571. The Labute approximate surface area is 59.7 Å². The average Bonchev–Trinajstić information content (AvgIpc) is 2.31. The lowest BCUT2D eigenvalue weighted by Crippen LogP contribution is -2.16. The van der Waals surface area contributed by atoms with E-state index >= 15 is 0 Å². The lowest BCUT2D eigenvalue weighted by Gasteiger charge is -2.01. The van der Waals surface area contributed by atoms with Gasteiger partial charge in [0.15, 0.2) is 5.78 Å². The third-order valence-corrected chi connectivity index (χ3v) is 1.44. The highest BCUT2D eigenvalue weighted by molar-refractivity contribution is 5.92. The fourth-order valence-electron chi connectivity index (χ4n) is 0.952. The van der Waals surface area contributed by atoms with Gasteiger partial charge in [0.05, 0.1) is 6.61 Å². The van der Waals surface area contributed by atoms with Crippen molar-refractivity contribution in [3.05, 3.63) is 11.8 Å². The molecular formula is C7H11NO2. The van der Waals surface area contributed by atoms with Gasteiger partial charge >= 0.3 is 0 Å². The van der Waals surface area contributed by atoms with E-state index in [0.29, 0.717) is 13.0 Å². The molecule has 3 heteroatoms. The maximum absolute atomic E-state index is 10.6. The molecule has 0 atom stereocenters. The summed E-state index contributed by atoms with van der Waals surface area (Å²) >= 11 is 0. The van der Waals surface area contributed by atoms with Crippen LogP contribution in [0.4, 0.5) is 0 Å². The molecule has 56 valence electrons. The van der Waals surface area contributed by atoms with Crippen LogP contribution in [0.25, 0.3) is 0 Å². The van der Waals surface area contributed by atoms with Crippen molar-refractivity contribution < 1.29 is 9.90 Å². The number of allylic oxidation sites excluding steroid dienone is 2. The SMILES string of the molecule is O=C1C=C(NCCO)CC1. The molecule has 1 rings (SSSR count). The van der Waals surface area contributed by atoms with Crippen LogP contribution in [0.3, 0.4) is 0 Å². The minimum absolute atomic E-state index is 0.117. The van der Waals surface area contributed by atoms with E-state index in [1.165, 1.54) is 0 Å². The fourth-order valence-corrected chi connectivity index (χ4v) is 0.952. The molecule has 0 radical (unpaired) electrons. The molecule has 2 N–H and O–H groups in total. The van der Waals surface area contributed by atoms with Gasteiger partial charge < -0.3 is 10.4 Å². The maximum atomic E-state index is 10.6. The van der Waals surface area contributed by atoms with Gasteiger partial charge in [-0.25, -0.2) is 0 Å². The van der Waals surface area contributed by atoms with Crippen molar-refractivity contribution in [2.75, 3.05) is 13.2 Å². The van der Waals surface area contributed by atoms with E-state index in [1.54, 1.807) is 6.08 Å². The van der Waals surface area contributed by atoms with Crippen molar-refractivity contribution in [3.63, 3.8) is 0 Å². The van der Waals surface area contributed by atoms with Crippen LogP contribution >= 0.6 is 0 Å². The molecule has 1 aliphatic rings. The predicted molar refractivity (Wildman–Crippen MR) is 37.4 cm³/mol. The Hall–Kier alpha value is -0.830. The van der Waals surface area contributed by atoms with Crippen LogP contribution in [-0.2, 0) is 4.79 Å². The zero-order chi connectivity index (χ0) is 7.40. The third-order valence-electron chi connectivity index (χ3n) is 1.44. The van der Waals surface area contributed by atoms with E-state index in [0.717, 1.165) is 12.1 Å². The Bertz CT molecular complexity index is 163. The van der Waals surface area contributed by atoms with Crippen molar-refractivity contribution in [3.8, 4) is 0 Å². The molecule has 0 spiro atoms. The molecule has 0 aromatic rings. The summed E-state index contributed by atoms with van der Waals surface area (Å²) in [6.45, 7) is 0.657. The van der Waals surface area contributed by atoms with Crippen LogP contribution in [0.2, 0.25) is 0 Å². The van der Waals surface area contributed by atoms with E-state index < -0.39 is 0 Å². The van der Waals surface area contributed by atoms with Gasteiger partial charge in [0.1, 0.15) is 0 Å². The van der Waals surface area contributed by atoms with Crippen molar-refractivity contribution in [1.29, 1.82) is 0 Å². The molecule has 0 aliphatic heterocycles. The first-order chi connectivity index (χ1) is 4.83. The standard InChI is InChI=1S/C7H11NO2/c9-4-3-8-6-1-2-7(10)5-6/h5,8-9H,1-4H2. The summed E-state index contributed by atoms with van der Waals surface area (Å²) in [5.41, 5.74) is 0.957. The topological polar surface area (TPSA) is 49.3 Å². The molecule has 0 heterocycles. The first-order valence-corrected chi connectivity index (χ1v) is 3.41. The normalized spacial score (nSPS) is 17.3. The van der Waals surface area contributed by atoms with Gasteiger partial charge in [0, 0.05) is 24.7 Å². The summed E-state index contributed by atoms with van der Waals surface area (Å²) in [4.78, 5) is 10.6. The van der Waals surface area contributed by atoms with Crippen LogP contribution in [-0.4, -0.2) is 24.0 Å². The number of carbonyl (C=O) groups is 1. The summed E-state index contributed by atoms with van der Waals surface area (Å²) in [5, 5.41) is 11.4. The number of aliphatic hydroxyl groups is 1. The van der Waals surface area contributed by atoms with Crippen LogP contribution < -0.4 is 5.32 Å². The van der Waals surface area contributed by atoms with E-state index in [-0.39, 0.29) is 12.4 Å². The Balaban J connectivity index is 2.28. The second-order valence-corrected chi connectivity index (χ2v) is 2.29. The van der Waals surface area contributed by atoms with Crippen molar-refractivity contribution in [2.45, 2.75) is 12.8 Å². The molecule has 1 aliphatic carbocycles. The molecule has 0 amide bonds. The molecule has 0 aromatic heterocycles. The Morgan fingerprint density at radius 1 is 1.60 bits per heavy atom. The highest BCUT2D eigenvalue weighted by Crippen LogP contribution is 2.10. The molecule has 0 saturated heterocycles. The molecule has 3 nitrogen and oxygen atoms in total. The summed E-state index contributed by atoms with van der Waals surface area (Å²) < 4.78 is 0. The van der Waals surface area contributed by atoms with Gasteiger partial charge in [-0.15, -0.1) is 0 Å². The average molecular weight is 141 g/mol. The van der Waals surface area contributed by atoms with Gasteiger partial charge in [-0.3, -0.25) is 4.79 Å². The zero-order valence-electron chi connectivity index (χ0n) is 5.76. The van der Waals surface area contributed by atoms with Gasteiger partial charge in [-0.2, -0.15) is 0 Å². The van der Waals surface area contributed by atoms with Crippen LogP contribution in [0, 0.1) is 0 Å². The molecule has 10 heavy (non-hydrogen) atoms. The van der Waals surface area contributed by atoms with Crippen LogP contribution in [0.1, 0.15) is 12.8 Å². The molecule has 0 fully saturated rings. The van der Waals surface area contributed by atoms with Crippen molar-refractivity contribution in [1.82, 2.24) is 5.32 Å². The summed E-state index contributed by atoms with van der Waals surface area (Å²) in [7, 11) is 0. The maximum Gasteiger partial charge on any atom is 0.157 e. The largest absolute Gasteiger partial charge is 0.395 e. The first kappa shape index (κ1) is 7.28. The van der Waals surface area contributed by atoms with Crippen molar-refractivity contribution >= 4 is 5.78 Å². The summed E-state index contributed by atoms with van der Waals surface area (Å²) in [5.74, 6) is 0.181. The van der Waals surface area contributed by atoms with Gasteiger partial charge in [0.2, 0.25) is 0 Å². The quantitative estimate of drug-likeness (QED) is 0.573. The predicted octanol–water partition coefficient (Wildman–Crippen LogP) is -0.185. The second-order valence-electron chi connectivity index (χ2n) is 2.29. The van der Waals surface area contributed by atoms with Crippen LogP contribution in [0.15, 0.2) is 11.8 Å². The molecule has 0 saturated carbocycles. The third kappa shape index (κ3) is 1.84. The van der Waals surface area contributed by atoms with Crippen LogP contribution in [0.5, 0.6) is 0 Å². The highest BCUT2D eigenvalue weighted by Gasteiger charge is 2.09. The zero-order valence-corrected chi connectivity index (χ0v) is 5.76. The molecule has 0 unspecified atom stereocenters. The number of hydrogen-bond donors (Lipinski definition) is 2. The number of ketones is 1. The van der Waals surface area contributed by atoms with E-state index in [1.807, 2.05) is 0 Å². The van der Waals surface area contributed by atoms with E-state index in [2.05, 4.69) is 5.32 Å². The molecule has 0 aromatic carbocycles. The monoisotopic (exact) mass is 141 g/mol. The number of nitrogens with one attached hydrogen (secondary N) is 1. The second kappa shape index (κ2) is 3.37. The highest BCUT2D eigenvalue weighted by atomic mass is 16.3. The molecule has 0 bridgehead atoms. The Kier molecular flexibility index (Phi) is 2.45. The number of aliphatic hydroxyl groups excluding tert-OH is 1. The van der Waals surface area contributed by atoms with Crippen molar-refractivity contribution in [2.24, 2.45) is 0 Å². The first-order valence-electron chi connectivity index (χ1n) is 3.41. The van der Waals surface area contributed by atoms with Gasteiger partial charge in [-0.05, 0) is 6.42 Å². The lowest BCUT2D eigenvalue weighted by atomic mass is 10.3. The van der Waals surface area contributed by atoms with Gasteiger partial charge in [0.25, 0.3) is 0 Å². The number of rotatable bonds is 3. The number of hydrogen-bond acceptors (Lipinski definition) is 3.